The number of nitrogens with zero attached hydrogens (tertiary/aromatic N) is 1. The van der Waals surface area contributed by atoms with Gasteiger partial charge in [0.15, 0.2) is 11.6 Å². The van der Waals surface area contributed by atoms with Crippen LogP contribution in [0.25, 0.3) is 0 Å². The maximum atomic E-state index is 12.9. The van der Waals surface area contributed by atoms with Gasteiger partial charge in [-0.3, -0.25) is 0 Å². The molecular weight excluding hydrogens is 228 g/mol. The van der Waals surface area contributed by atoms with Crippen molar-refractivity contribution in [3.63, 3.8) is 0 Å². The Morgan fingerprint density at radius 3 is 2.59 bits per heavy atom. The molecule has 0 radical (unpaired) electrons. The lowest BCUT2D eigenvalue weighted by molar-refractivity contribution is 0.204. The molecule has 0 atom stereocenters. The zero-order valence-corrected chi connectivity index (χ0v) is 9.17. The highest BCUT2D eigenvalue weighted by atomic mass is 19.2. The molecule has 1 heterocycles. The van der Waals surface area contributed by atoms with Crippen LogP contribution in [0.5, 0.6) is 0 Å². The average molecular weight is 241 g/mol. The van der Waals surface area contributed by atoms with E-state index in [1.54, 1.807) is 4.90 Å². The summed E-state index contributed by atoms with van der Waals surface area (Å²) in [5, 5.41) is 5.65. The number of carbonyl (C=O) groups excluding carboxylic acids is 1. The van der Waals surface area contributed by atoms with Crippen LogP contribution in [0, 0.1) is 11.6 Å². The van der Waals surface area contributed by atoms with Gasteiger partial charge < -0.3 is 15.5 Å². The molecule has 0 aliphatic carbocycles. The van der Waals surface area contributed by atoms with Crippen molar-refractivity contribution < 1.29 is 13.6 Å². The van der Waals surface area contributed by atoms with Crippen LogP contribution in [0.4, 0.5) is 19.3 Å². The molecule has 0 unspecified atom stereocenters. The van der Waals surface area contributed by atoms with E-state index in [1.165, 1.54) is 6.07 Å². The van der Waals surface area contributed by atoms with Crippen LogP contribution in [0.2, 0.25) is 0 Å². The van der Waals surface area contributed by atoms with E-state index < -0.39 is 11.6 Å². The van der Waals surface area contributed by atoms with Crippen molar-refractivity contribution in [3.8, 4) is 0 Å². The molecule has 0 saturated carbocycles. The molecule has 1 aromatic rings. The SMILES string of the molecule is O=C(Nc1ccc(F)c(F)c1)N1CCNCC1. The lowest BCUT2D eigenvalue weighted by Gasteiger charge is -2.27. The maximum Gasteiger partial charge on any atom is 0.321 e. The third kappa shape index (κ3) is 2.91. The Bertz CT molecular complexity index is 419. The highest BCUT2D eigenvalue weighted by Gasteiger charge is 2.16. The molecule has 1 fully saturated rings. The molecule has 0 aromatic heterocycles. The molecule has 1 aromatic carbocycles. The lowest BCUT2D eigenvalue weighted by Crippen LogP contribution is -2.48. The summed E-state index contributed by atoms with van der Waals surface area (Å²) in [7, 11) is 0. The first-order chi connectivity index (χ1) is 8.16. The Labute approximate surface area is 97.6 Å². The van der Waals surface area contributed by atoms with Crippen molar-refractivity contribution in [3.05, 3.63) is 29.8 Å². The minimum atomic E-state index is -0.969. The number of carbonyl (C=O) groups is 1. The summed E-state index contributed by atoms with van der Waals surface area (Å²) in [6.07, 6.45) is 0. The van der Waals surface area contributed by atoms with Crippen LogP contribution in [0.3, 0.4) is 0 Å². The van der Waals surface area contributed by atoms with Gasteiger partial charge in [0.2, 0.25) is 0 Å². The van der Waals surface area contributed by atoms with Crippen molar-refractivity contribution in [2.75, 3.05) is 31.5 Å². The summed E-state index contributed by atoms with van der Waals surface area (Å²) in [4.78, 5) is 13.4. The van der Waals surface area contributed by atoms with E-state index in [4.69, 9.17) is 0 Å². The predicted molar refractivity (Wildman–Crippen MR) is 59.8 cm³/mol. The van der Waals surface area contributed by atoms with E-state index in [-0.39, 0.29) is 11.7 Å². The number of halogens is 2. The van der Waals surface area contributed by atoms with E-state index >= 15 is 0 Å². The van der Waals surface area contributed by atoms with E-state index in [1.807, 2.05) is 0 Å². The van der Waals surface area contributed by atoms with Crippen LogP contribution in [0.1, 0.15) is 0 Å². The van der Waals surface area contributed by atoms with Crippen molar-refractivity contribution in [2.45, 2.75) is 0 Å². The minimum absolute atomic E-state index is 0.257. The number of urea groups is 1. The topological polar surface area (TPSA) is 44.4 Å². The molecule has 2 amide bonds. The van der Waals surface area contributed by atoms with E-state index in [2.05, 4.69) is 10.6 Å². The quantitative estimate of drug-likeness (QED) is 0.780. The fraction of sp³-hybridized carbons (Fsp3) is 0.364. The van der Waals surface area contributed by atoms with Gasteiger partial charge in [-0.1, -0.05) is 0 Å². The van der Waals surface area contributed by atoms with E-state index in [9.17, 15) is 13.6 Å². The van der Waals surface area contributed by atoms with Gasteiger partial charge in [0.25, 0.3) is 0 Å². The molecule has 0 bridgehead atoms. The molecule has 0 spiro atoms. The van der Waals surface area contributed by atoms with Crippen LogP contribution in [-0.2, 0) is 0 Å². The summed E-state index contributed by atoms with van der Waals surface area (Å²) >= 11 is 0. The van der Waals surface area contributed by atoms with Crippen molar-refractivity contribution in [1.82, 2.24) is 10.2 Å². The number of hydrogen-bond acceptors (Lipinski definition) is 2. The first-order valence-electron chi connectivity index (χ1n) is 5.38. The van der Waals surface area contributed by atoms with Gasteiger partial charge in [0.1, 0.15) is 0 Å². The monoisotopic (exact) mass is 241 g/mol. The molecule has 1 aliphatic heterocycles. The third-order valence-corrected chi connectivity index (χ3v) is 2.58. The van der Waals surface area contributed by atoms with E-state index in [0.29, 0.717) is 13.1 Å². The largest absolute Gasteiger partial charge is 0.322 e. The van der Waals surface area contributed by atoms with Crippen LogP contribution in [-0.4, -0.2) is 37.1 Å². The molecule has 1 saturated heterocycles. The molecule has 4 nitrogen and oxygen atoms in total. The molecule has 2 rings (SSSR count). The number of nitrogens with one attached hydrogen (secondary N) is 2. The van der Waals surface area contributed by atoms with Gasteiger partial charge >= 0.3 is 6.03 Å². The molecule has 17 heavy (non-hydrogen) atoms. The average Bonchev–Trinajstić information content (AvgIpc) is 2.35. The Kier molecular flexibility index (Phi) is 3.53. The Morgan fingerprint density at radius 1 is 1.24 bits per heavy atom. The third-order valence-electron chi connectivity index (χ3n) is 2.58. The Morgan fingerprint density at radius 2 is 1.94 bits per heavy atom. The number of rotatable bonds is 1. The van der Waals surface area contributed by atoms with Gasteiger partial charge in [0.05, 0.1) is 0 Å². The molecule has 6 heteroatoms. The summed E-state index contributed by atoms with van der Waals surface area (Å²) in [6, 6.07) is 2.99. The number of anilines is 1. The number of benzene rings is 1. The van der Waals surface area contributed by atoms with Gasteiger partial charge in [-0.05, 0) is 12.1 Å². The van der Waals surface area contributed by atoms with Crippen LogP contribution >= 0.6 is 0 Å². The molecule has 2 N–H and O–H groups in total. The molecular formula is C11H13F2N3O. The Balaban J connectivity index is 1.99. The maximum absolute atomic E-state index is 12.9. The number of piperazine rings is 1. The second-order valence-electron chi connectivity index (χ2n) is 3.80. The van der Waals surface area contributed by atoms with Crippen LogP contribution < -0.4 is 10.6 Å². The minimum Gasteiger partial charge on any atom is -0.322 e. The normalized spacial score (nSPS) is 15.8. The summed E-state index contributed by atoms with van der Waals surface area (Å²) < 4.78 is 25.6. The zero-order chi connectivity index (χ0) is 12.3. The van der Waals surface area contributed by atoms with Crippen molar-refractivity contribution in [2.24, 2.45) is 0 Å². The predicted octanol–water partition coefficient (Wildman–Crippen LogP) is 1.40. The summed E-state index contributed by atoms with van der Waals surface area (Å²) in [6.45, 7) is 2.70. The number of amides is 2. The molecule has 1 aliphatic rings. The second-order valence-corrected chi connectivity index (χ2v) is 3.80. The van der Waals surface area contributed by atoms with E-state index in [0.717, 1.165) is 25.2 Å². The summed E-state index contributed by atoms with van der Waals surface area (Å²) in [5.41, 5.74) is 0.257. The summed E-state index contributed by atoms with van der Waals surface area (Å²) in [5.74, 6) is -1.90. The standard InChI is InChI=1S/C11H13F2N3O/c12-9-2-1-8(7-10(9)13)15-11(17)16-5-3-14-4-6-16/h1-2,7,14H,3-6H2,(H,15,17). The fourth-order valence-corrected chi connectivity index (χ4v) is 1.64. The van der Waals surface area contributed by atoms with Gasteiger partial charge in [0, 0.05) is 37.9 Å². The van der Waals surface area contributed by atoms with Crippen LogP contribution in [0.15, 0.2) is 18.2 Å². The molecule has 92 valence electrons. The fourth-order valence-electron chi connectivity index (χ4n) is 1.64. The number of hydrogen-bond donors (Lipinski definition) is 2. The lowest BCUT2D eigenvalue weighted by atomic mass is 10.3. The van der Waals surface area contributed by atoms with Gasteiger partial charge in [-0.2, -0.15) is 0 Å². The van der Waals surface area contributed by atoms with Crippen molar-refractivity contribution in [1.29, 1.82) is 0 Å². The highest BCUT2D eigenvalue weighted by Crippen LogP contribution is 2.13. The Hall–Kier alpha value is -1.69. The first-order valence-corrected chi connectivity index (χ1v) is 5.38. The van der Waals surface area contributed by atoms with Gasteiger partial charge in [-0.15, -0.1) is 0 Å². The van der Waals surface area contributed by atoms with Gasteiger partial charge in [-0.25, -0.2) is 13.6 Å². The second kappa shape index (κ2) is 5.09. The highest BCUT2D eigenvalue weighted by molar-refractivity contribution is 5.89. The zero-order valence-electron chi connectivity index (χ0n) is 9.17. The first kappa shape index (κ1) is 11.8. The van der Waals surface area contributed by atoms with Crippen molar-refractivity contribution >= 4 is 11.7 Å². The smallest absolute Gasteiger partial charge is 0.321 e.